The smallest absolute Gasteiger partial charge is 0.167 e. The number of fused-ring (bicyclic) bond motifs is 2. The van der Waals surface area contributed by atoms with Gasteiger partial charge < -0.3 is 24.1 Å². The quantitative estimate of drug-likeness (QED) is 0.584. The molecule has 3 fully saturated rings. The Hall–Kier alpha value is -3.00. The number of aromatic nitrogens is 5. The molecule has 0 aromatic carbocycles. The van der Waals surface area contributed by atoms with E-state index in [1.807, 2.05) is 32.3 Å². The molecule has 2 saturated heterocycles. The van der Waals surface area contributed by atoms with Gasteiger partial charge in [-0.2, -0.15) is 0 Å². The van der Waals surface area contributed by atoms with E-state index in [9.17, 15) is 0 Å². The van der Waals surface area contributed by atoms with E-state index in [2.05, 4.69) is 37.3 Å². The molecule has 0 radical (unpaired) electrons. The van der Waals surface area contributed by atoms with E-state index >= 15 is 0 Å². The maximum Gasteiger partial charge on any atom is 0.167 e. The predicted molar refractivity (Wildman–Crippen MR) is 122 cm³/mol. The molecule has 0 amide bonds. The largest absolute Gasteiger partial charge is 0.365 e. The lowest BCUT2D eigenvalue weighted by atomic mass is 10.1. The standard InChI is InChI=1S/C24H28N6O4/c1-13-16(14(2)34-29-13)9-10-17-19-20(33-24(3,4)32-19)23(31-17)30-12-27-18-21(25-11-26-22(18)30)28-15-7-5-6-8-15/h11-12,15,17,19-20,23H,5-8H2,1-4H3,(H,25,26,28)/t17-,19-,20-,23-/m1/s1. The van der Waals surface area contributed by atoms with Gasteiger partial charge in [-0.25, -0.2) is 15.0 Å². The lowest BCUT2D eigenvalue weighted by Crippen LogP contribution is -2.28. The van der Waals surface area contributed by atoms with Crippen molar-refractivity contribution in [2.45, 2.75) is 89.7 Å². The second-order valence-corrected chi connectivity index (χ2v) is 9.65. The summed E-state index contributed by atoms with van der Waals surface area (Å²) in [5, 5.41) is 7.52. The van der Waals surface area contributed by atoms with E-state index in [0.717, 1.165) is 35.4 Å². The third-order valence-corrected chi connectivity index (χ3v) is 6.73. The molecule has 1 saturated carbocycles. The van der Waals surface area contributed by atoms with Crippen molar-refractivity contribution in [2.24, 2.45) is 0 Å². The fourth-order valence-corrected chi connectivity index (χ4v) is 5.13. The zero-order valence-corrected chi connectivity index (χ0v) is 19.7. The van der Waals surface area contributed by atoms with Crippen molar-refractivity contribution in [3.05, 3.63) is 29.7 Å². The number of nitrogens with zero attached hydrogens (tertiary/aromatic N) is 5. The number of aryl methyl sites for hydroxylation is 2. The molecule has 0 bridgehead atoms. The maximum atomic E-state index is 6.39. The molecule has 10 nitrogen and oxygen atoms in total. The molecule has 0 unspecified atom stereocenters. The fourth-order valence-electron chi connectivity index (χ4n) is 5.13. The van der Waals surface area contributed by atoms with Gasteiger partial charge in [0.15, 0.2) is 29.0 Å². The van der Waals surface area contributed by atoms with Crippen LogP contribution in [0.3, 0.4) is 0 Å². The van der Waals surface area contributed by atoms with E-state index in [1.165, 1.54) is 12.8 Å². The zero-order valence-electron chi connectivity index (χ0n) is 19.7. The van der Waals surface area contributed by atoms with Crippen LogP contribution < -0.4 is 5.32 Å². The Morgan fingerprint density at radius 1 is 1.09 bits per heavy atom. The van der Waals surface area contributed by atoms with Crippen LogP contribution >= 0.6 is 0 Å². The molecule has 3 aliphatic rings. The third-order valence-electron chi connectivity index (χ3n) is 6.73. The highest BCUT2D eigenvalue weighted by Gasteiger charge is 2.56. The lowest BCUT2D eigenvalue weighted by Gasteiger charge is -2.23. The van der Waals surface area contributed by atoms with Crippen molar-refractivity contribution in [2.75, 3.05) is 5.32 Å². The van der Waals surface area contributed by atoms with Gasteiger partial charge in [-0.05, 0) is 40.5 Å². The summed E-state index contributed by atoms with van der Waals surface area (Å²) in [6.45, 7) is 7.52. The minimum Gasteiger partial charge on any atom is -0.365 e. The molecule has 4 atom stereocenters. The Morgan fingerprint density at radius 3 is 2.65 bits per heavy atom. The fraction of sp³-hybridized carbons (Fsp3) is 0.583. The topological polar surface area (TPSA) is 109 Å². The summed E-state index contributed by atoms with van der Waals surface area (Å²) in [6, 6.07) is 0.423. The second-order valence-electron chi connectivity index (χ2n) is 9.65. The van der Waals surface area contributed by atoms with Crippen molar-refractivity contribution in [1.82, 2.24) is 24.7 Å². The molecule has 178 valence electrons. The van der Waals surface area contributed by atoms with Gasteiger partial charge in [0.1, 0.15) is 30.4 Å². The van der Waals surface area contributed by atoms with E-state index in [4.69, 9.17) is 18.7 Å². The number of rotatable bonds is 3. The van der Waals surface area contributed by atoms with E-state index < -0.39 is 18.1 Å². The van der Waals surface area contributed by atoms with Gasteiger partial charge in [0.05, 0.1) is 17.6 Å². The molecule has 1 N–H and O–H groups in total. The SMILES string of the molecule is Cc1noc(C)c1C#C[C@H]1O[C@@H](n2cnc3c(NC4CCCC4)ncnc32)[C@@H]2OC(C)(C)O[C@@H]21. The molecular formula is C24H28N6O4. The first-order valence-corrected chi connectivity index (χ1v) is 11.8. The third kappa shape index (κ3) is 3.64. The predicted octanol–water partition coefficient (Wildman–Crippen LogP) is 3.25. The van der Waals surface area contributed by atoms with Gasteiger partial charge in [-0.15, -0.1) is 0 Å². The first-order chi connectivity index (χ1) is 16.4. The van der Waals surface area contributed by atoms with E-state index in [1.54, 1.807) is 12.7 Å². The molecule has 10 heteroatoms. The van der Waals surface area contributed by atoms with Crippen LogP contribution in [0, 0.1) is 25.7 Å². The normalized spacial score (nSPS) is 28.2. The first kappa shape index (κ1) is 21.5. The first-order valence-electron chi connectivity index (χ1n) is 11.8. The van der Waals surface area contributed by atoms with Crippen molar-refractivity contribution in [3.63, 3.8) is 0 Å². The minimum absolute atomic E-state index is 0.358. The summed E-state index contributed by atoms with van der Waals surface area (Å²) >= 11 is 0. The van der Waals surface area contributed by atoms with Crippen LogP contribution in [0.2, 0.25) is 0 Å². The summed E-state index contributed by atoms with van der Waals surface area (Å²) in [7, 11) is 0. The number of hydrogen-bond acceptors (Lipinski definition) is 9. The number of nitrogens with one attached hydrogen (secondary N) is 1. The average Bonchev–Trinajstić information content (AvgIpc) is 3.60. The van der Waals surface area contributed by atoms with Crippen molar-refractivity contribution in [1.29, 1.82) is 0 Å². The molecule has 3 aromatic heterocycles. The van der Waals surface area contributed by atoms with Crippen LogP contribution in [0.5, 0.6) is 0 Å². The Balaban J connectivity index is 1.33. The van der Waals surface area contributed by atoms with Crippen LogP contribution in [0.4, 0.5) is 5.82 Å². The lowest BCUT2D eigenvalue weighted by molar-refractivity contribution is -0.190. The Bertz CT molecular complexity index is 1260. The van der Waals surface area contributed by atoms with Gasteiger partial charge in [0.2, 0.25) is 0 Å². The summed E-state index contributed by atoms with van der Waals surface area (Å²) in [6.07, 6.45) is 6.36. The highest BCUT2D eigenvalue weighted by molar-refractivity contribution is 5.82. The molecule has 5 heterocycles. The van der Waals surface area contributed by atoms with E-state index in [0.29, 0.717) is 17.4 Å². The number of imidazole rings is 1. The summed E-state index contributed by atoms with van der Waals surface area (Å²) < 4.78 is 26.0. The molecule has 1 aliphatic carbocycles. The maximum absolute atomic E-state index is 6.39. The van der Waals surface area contributed by atoms with Gasteiger partial charge in [0.25, 0.3) is 0 Å². The Morgan fingerprint density at radius 2 is 1.88 bits per heavy atom. The summed E-state index contributed by atoms with van der Waals surface area (Å²) in [5.41, 5.74) is 2.93. The van der Waals surface area contributed by atoms with Gasteiger partial charge in [0, 0.05) is 6.04 Å². The van der Waals surface area contributed by atoms with E-state index in [-0.39, 0.29) is 12.2 Å². The molecule has 2 aliphatic heterocycles. The van der Waals surface area contributed by atoms with Crippen LogP contribution in [0.25, 0.3) is 11.2 Å². The number of ether oxygens (including phenoxy) is 3. The highest BCUT2D eigenvalue weighted by atomic mass is 16.8. The van der Waals surface area contributed by atoms with Crippen molar-refractivity contribution in [3.8, 4) is 11.8 Å². The monoisotopic (exact) mass is 464 g/mol. The minimum atomic E-state index is -0.749. The molecule has 3 aromatic rings. The second kappa shape index (κ2) is 8.05. The van der Waals surface area contributed by atoms with Gasteiger partial charge in [-0.1, -0.05) is 29.8 Å². The van der Waals surface area contributed by atoms with Crippen molar-refractivity contribution >= 4 is 17.0 Å². The Labute approximate surface area is 197 Å². The number of anilines is 1. The summed E-state index contributed by atoms with van der Waals surface area (Å²) in [5.74, 6) is 7.07. The highest BCUT2D eigenvalue weighted by Crippen LogP contribution is 2.43. The Kier molecular flexibility index (Phi) is 5.09. The van der Waals surface area contributed by atoms with Crippen LogP contribution in [-0.4, -0.2) is 54.8 Å². The average molecular weight is 465 g/mol. The van der Waals surface area contributed by atoms with Crippen molar-refractivity contribution < 1.29 is 18.7 Å². The van der Waals surface area contributed by atoms with Crippen LogP contribution in [0.15, 0.2) is 17.2 Å². The number of hydrogen-bond donors (Lipinski definition) is 1. The molecule has 0 spiro atoms. The molecule has 34 heavy (non-hydrogen) atoms. The van der Waals surface area contributed by atoms with Gasteiger partial charge >= 0.3 is 0 Å². The molecule has 6 rings (SSSR count). The van der Waals surface area contributed by atoms with Crippen LogP contribution in [-0.2, 0) is 14.2 Å². The molecular weight excluding hydrogens is 436 g/mol. The summed E-state index contributed by atoms with van der Waals surface area (Å²) in [4.78, 5) is 13.6. The zero-order chi connectivity index (χ0) is 23.4. The van der Waals surface area contributed by atoms with Gasteiger partial charge in [-0.3, -0.25) is 4.57 Å². The van der Waals surface area contributed by atoms with Crippen LogP contribution in [0.1, 0.15) is 62.8 Å².